The summed E-state index contributed by atoms with van der Waals surface area (Å²) in [5, 5.41) is 21.5. The number of furan rings is 2. The molecule has 0 radical (unpaired) electrons. The number of rotatable bonds is 11. The van der Waals surface area contributed by atoms with Gasteiger partial charge in [-0.05, 0) is 227 Å². The van der Waals surface area contributed by atoms with Crippen molar-refractivity contribution in [1.29, 1.82) is 0 Å². The van der Waals surface area contributed by atoms with Crippen LogP contribution in [0.15, 0.2) is 397 Å². The van der Waals surface area contributed by atoms with Crippen LogP contribution in [0.4, 0.5) is 34.1 Å². The third-order valence-electron chi connectivity index (χ3n) is 23.1. The van der Waals surface area contributed by atoms with Gasteiger partial charge in [0.05, 0.1) is 27.8 Å². The highest BCUT2D eigenvalue weighted by Gasteiger charge is 2.24. The van der Waals surface area contributed by atoms with Crippen LogP contribution in [0, 0.1) is 0 Å². The summed E-state index contributed by atoms with van der Waals surface area (Å²) in [6, 6.07) is 142. The van der Waals surface area contributed by atoms with Gasteiger partial charge in [0, 0.05) is 88.3 Å². The fourth-order valence-electron chi connectivity index (χ4n) is 18.2. The van der Waals surface area contributed by atoms with E-state index in [9.17, 15) is 0 Å². The Bertz CT molecular complexity index is 7620. The fourth-order valence-corrected chi connectivity index (χ4v) is 18.2. The molecule has 0 saturated heterocycles. The summed E-state index contributed by atoms with van der Waals surface area (Å²) in [7, 11) is 0. The molecule has 0 amide bonds. The fraction of sp³-hybridized carbons (Fsp3) is 0. The maximum Gasteiger partial charge on any atom is 0.136 e. The zero-order chi connectivity index (χ0) is 72.1. The van der Waals surface area contributed by atoms with Crippen LogP contribution >= 0.6 is 0 Å². The minimum absolute atomic E-state index is 0.840. The summed E-state index contributed by atoms with van der Waals surface area (Å²) < 4.78 is 18.2. The normalized spacial score (nSPS) is 12.0. The average molecular weight is 1400 g/mol. The van der Waals surface area contributed by atoms with E-state index in [1.54, 1.807) is 0 Å². The van der Waals surface area contributed by atoms with Crippen LogP contribution in [0.5, 0.6) is 0 Å². The number of hydrogen-bond donors (Lipinski definition) is 0. The first kappa shape index (κ1) is 61.6. The van der Waals surface area contributed by atoms with Crippen LogP contribution in [0.1, 0.15) is 0 Å². The smallest absolute Gasteiger partial charge is 0.136 e. The van der Waals surface area contributed by atoms with E-state index in [4.69, 9.17) is 8.83 Å². The van der Waals surface area contributed by atoms with Gasteiger partial charge in [0.2, 0.25) is 0 Å². The number of nitrogens with zero attached hydrogens (tertiary/aromatic N) is 4. The monoisotopic (exact) mass is 1400 g/mol. The van der Waals surface area contributed by atoms with Crippen molar-refractivity contribution in [3.8, 4) is 44.8 Å². The molecule has 23 rings (SSSR count). The first-order valence-corrected chi connectivity index (χ1v) is 37.7. The molecule has 512 valence electrons. The Morgan fingerprint density at radius 3 is 1.18 bits per heavy atom. The minimum atomic E-state index is 0.840. The summed E-state index contributed by atoms with van der Waals surface area (Å²) >= 11 is 0. The number of aromatic nitrogens is 2. The van der Waals surface area contributed by atoms with Crippen molar-refractivity contribution < 1.29 is 8.83 Å². The zero-order valence-electron chi connectivity index (χ0n) is 59.6. The van der Waals surface area contributed by atoms with Crippen molar-refractivity contribution in [1.82, 2.24) is 9.13 Å². The first-order chi connectivity index (χ1) is 54.6. The maximum absolute atomic E-state index is 6.97. The van der Waals surface area contributed by atoms with E-state index in [1.807, 2.05) is 6.07 Å². The summed E-state index contributed by atoms with van der Waals surface area (Å²) in [4.78, 5) is 4.83. The number of anilines is 6. The Hall–Kier alpha value is -14.7. The van der Waals surface area contributed by atoms with E-state index in [0.29, 0.717) is 0 Å². The van der Waals surface area contributed by atoms with Gasteiger partial charge in [0.1, 0.15) is 22.3 Å². The van der Waals surface area contributed by atoms with Gasteiger partial charge < -0.3 is 27.8 Å². The van der Waals surface area contributed by atoms with Crippen LogP contribution in [-0.2, 0) is 0 Å². The molecule has 4 heterocycles. The first-order valence-electron chi connectivity index (χ1n) is 37.7. The molecule has 0 N–H and O–H groups in total. The predicted octanol–water partition coefficient (Wildman–Crippen LogP) is 29.4. The van der Waals surface area contributed by atoms with E-state index in [2.05, 4.69) is 401 Å². The third-order valence-corrected chi connectivity index (χ3v) is 23.1. The van der Waals surface area contributed by atoms with Gasteiger partial charge in [-0.1, -0.05) is 243 Å². The zero-order valence-corrected chi connectivity index (χ0v) is 59.6. The Morgan fingerprint density at radius 1 is 0.191 bits per heavy atom. The highest BCUT2D eigenvalue weighted by Crippen LogP contribution is 2.49. The van der Waals surface area contributed by atoms with Gasteiger partial charge in [-0.3, -0.25) is 0 Å². The largest absolute Gasteiger partial charge is 0.456 e. The van der Waals surface area contributed by atoms with Crippen LogP contribution in [0.2, 0.25) is 0 Å². The number of para-hydroxylation sites is 4. The van der Waals surface area contributed by atoms with Gasteiger partial charge in [-0.15, -0.1) is 0 Å². The molecular weight excluding hydrogens is 1340 g/mol. The number of hydrogen-bond acceptors (Lipinski definition) is 4. The lowest BCUT2D eigenvalue weighted by Crippen LogP contribution is -2.11. The summed E-state index contributed by atoms with van der Waals surface area (Å²) in [5.74, 6) is 0. The molecule has 0 spiro atoms. The molecule has 0 bridgehead atoms. The predicted molar refractivity (Wildman–Crippen MR) is 463 cm³/mol. The average Bonchev–Trinajstić information content (AvgIpc) is 1.33. The number of fused-ring (bicyclic) bond motifs is 21. The molecule has 6 nitrogen and oxygen atoms in total. The molecule has 0 aliphatic carbocycles. The highest BCUT2D eigenvalue weighted by molar-refractivity contribution is 6.26. The molecule has 0 atom stereocenters. The van der Waals surface area contributed by atoms with Crippen LogP contribution < -0.4 is 9.80 Å². The van der Waals surface area contributed by atoms with E-state index >= 15 is 0 Å². The van der Waals surface area contributed by atoms with Crippen LogP contribution in [0.3, 0.4) is 0 Å². The molecule has 0 fully saturated rings. The molecule has 0 aliphatic rings. The van der Waals surface area contributed by atoms with Gasteiger partial charge >= 0.3 is 0 Å². The van der Waals surface area contributed by atoms with Gasteiger partial charge in [0.25, 0.3) is 0 Å². The molecule has 23 aromatic rings. The summed E-state index contributed by atoms with van der Waals surface area (Å²) in [6.45, 7) is 0. The molecule has 0 aliphatic heterocycles. The molecule has 110 heavy (non-hydrogen) atoms. The van der Waals surface area contributed by atoms with Gasteiger partial charge in [-0.2, -0.15) is 0 Å². The SMILES string of the molecule is c1ccc2c(c1)ccc1cccc(N(c3ccc(-c4cccc5oc6cc(-c7cccc8c7c7ccccc7n8-c7ccc(N(c8ccc(-c9cccc%10oc%11ccccc%11c9%10)cc8)c8ccc9c%10ccccc%10c%10ccccc%10c9c8)cc7)ccc6c45)cc3)c3ccc(-n4c5ccccc5c5ccccc54)cc3)c12. The van der Waals surface area contributed by atoms with Crippen molar-refractivity contribution in [3.63, 3.8) is 0 Å². The van der Waals surface area contributed by atoms with E-state index in [-0.39, 0.29) is 0 Å². The number of benzene rings is 19. The Labute approximate surface area is 632 Å². The highest BCUT2D eigenvalue weighted by atomic mass is 16.3. The molecule has 0 unspecified atom stereocenters. The van der Waals surface area contributed by atoms with E-state index in [1.165, 1.54) is 86.4 Å². The van der Waals surface area contributed by atoms with Crippen LogP contribution in [-0.4, -0.2) is 9.13 Å². The van der Waals surface area contributed by atoms with Crippen molar-refractivity contribution in [2.24, 2.45) is 0 Å². The molecule has 6 heteroatoms. The van der Waals surface area contributed by atoms with Crippen molar-refractivity contribution in [2.75, 3.05) is 9.80 Å². The third kappa shape index (κ3) is 9.49. The Kier molecular flexibility index (Phi) is 13.7. The minimum Gasteiger partial charge on any atom is -0.456 e. The second kappa shape index (κ2) is 24.4. The van der Waals surface area contributed by atoms with Crippen molar-refractivity contribution >= 4 is 175 Å². The van der Waals surface area contributed by atoms with Crippen molar-refractivity contribution in [2.45, 2.75) is 0 Å². The van der Waals surface area contributed by atoms with Crippen molar-refractivity contribution in [3.05, 3.63) is 388 Å². The molecular formula is C104H64N4O2. The topological polar surface area (TPSA) is 42.6 Å². The molecule has 4 aromatic heterocycles. The lowest BCUT2D eigenvalue weighted by Gasteiger charge is -2.28. The van der Waals surface area contributed by atoms with E-state index in [0.717, 1.165) is 134 Å². The molecule has 0 saturated carbocycles. The Balaban J connectivity index is 0.607. The quantitative estimate of drug-likeness (QED) is 0.121. The van der Waals surface area contributed by atoms with Crippen LogP contribution in [0.25, 0.3) is 186 Å². The lowest BCUT2D eigenvalue weighted by molar-refractivity contribution is 0.668. The molecule has 19 aromatic carbocycles. The lowest BCUT2D eigenvalue weighted by atomic mass is 9.94. The van der Waals surface area contributed by atoms with Gasteiger partial charge in [0.15, 0.2) is 0 Å². The van der Waals surface area contributed by atoms with E-state index < -0.39 is 0 Å². The maximum atomic E-state index is 6.97. The standard InChI is InChI=1S/C104H64N4O2/c1-2-21-77-65(19-1)41-42-68-20-15-36-95(101(68)77)106(73-54-58-74(59-55-73)107-92-33-11-7-26-86(92)87-27-8-12-34-93(87)107)72-50-45-67(46-51-72)79-32-18-40-99-104(79)90-61-47-69(63-100(90)110-99)80-30-16-37-96-102(80)88-28-9-13-35-94(88)108(96)75-56-52-71(53-57-75)105(76-60-62-85-83-24-4-3-22-81(83)82-23-5-6-25-84(82)91(85)64-76)70-48-43-66(44-49-70)78-31-17-39-98-103(78)89-29-10-14-38-97(89)109-98/h1-64H. The Morgan fingerprint density at radius 2 is 0.573 bits per heavy atom. The summed E-state index contributed by atoms with van der Waals surface area (Å²) in [6.07, 6.45) is 0. The second-order valence-corrected chi connectivity index (χ2v) is 29.0. The summed E-state index contributed by atoms with van der Waals surface area (Å²) in [5.41, 5.74) is 23.4. The van der Waals surface area contributed by atoms with Gasteiger partial charge in [-0.25, -0.2) is 0 Å². The second-order valence-electron chi connectivity index (χ2n) is 29.0.